The molecule has 0 aliphatic carbocycles. The summed E-state index contributed by atoms with van der Waals surface area (Å²) in [6, 6.07) is -0.0813. The number of hydrogen-bond donors (Lipinski definition) is 2. The van der Waals surface area contributed by atoms with Gasteiger partial charge in [0.1, 0.15) is 0 Å². The quantitative estimate of drug-likeness (QED) is 0.693. The normalized spacial score (nSPS) is 16.8. The fourth-order valence-electron chi connectivity index (χ4n) is 2.02. The van der Waals surface area contributed by atoms with Crippen LogP contribution >= 0.6 is 0 Å². The van der Waals surface area contributed by atoms with Crippen LogP contribution in [0.5, 0.6) is 0 Å². The van der Waals surface area contributed by atoms with Crippen LogP contribution in [0.2, 0.25) is 0 Å². The molecule has 2 N–H and O–H groups in total. The number of carbonyl (C=O) groups excluding carboxylic acids is 2. The molecule has 19 heavy (non-hydrogen) atoms. The molecule has 1 aliphatic heterocycles. The average molecular weight is 265 g/mol. The minimum atomic E-state index is -0.304. The first-order valence-corrected chi connectivity index (χ1v) is 6.37. The van der Waals surface area contributed by atoms with Crippen molar-refractivity contribution in [3.8, 4) is 0 Å². The number of rotatable bonds is 6. The van der Waals surface area contributed by atoms with Gasteiger partial charge in [-0.2, -0.15) is 5.10 Å². The van der Waals surface area contributed by atoms with E-state index in [4.69, 9.17) is 0 Å². The van der Waals surface area contributed by atoms with Gasteiger partial charge in [-0.15, -0.1) is 0 Å². The predicted octanol–water partition coefficient (Wildman–Crippen LogP) is -0.279. The number of aryl methyl sites for hydroxylation is 1. The fourth-order valence-corrected chi connectivity index (χ4v) is 2.02. The van der Waals surface area contributed by atoms with Crippen LogP contribution in [0.25, 0.3) is 0 Å². The number of nitrogens with one attached hydrogen (secondary N) is 2. The third-order valence-electron chi connectivity index (χ3n) is 2.99. The van der Waals surface area contributed by atoms with Crippen LogP contribution in [0.4, 0.5) is 4.79 Å². The Morgan fingerprint density at radius 1 is 1.53 bits per heavy atom. The van der Waals surface area contributed by atoms with Gasteiger partial charge >= 0.3 is 6.03 Å². The molecule has 0 saturated carbocycles. The highest BCUT2D eigenvalue weighted by Crippen LogP contribution is 1.99. The molecule has 0 spiro atoms. The summed E-state index contributed by atoms with van der Waals surface area (Å²) in [6.45, 7) is 5.89. The molecule has 0 bridgehead atoms. The Hall–Kier alpha value is -1.89. The van der Waals surface area contributed by atoms with Crippen LogP contribution in [0, 0.1) is 6.92 Å². The second kappa shape index (κ2) is 5.83. The first-order valence-electron chi connectivity index (χ1n) is 6.37. The monoisotopic (exact) mass is 265 g/mol. The van der Waals surface area contributed by atoms with Gasteiger partial charge in [-0.25, -0.2) is 4.79 Å². The lowest BCUT2D eigenvalue weighted by Gasteiger charge is -2.17. The summed E-state index contributed by atoms with van der Waals surface area (Å²) in [5.74, 6) is -0.165. The largest absolute Gasteiger partial charge is 0.329 e. The summed E-state index contributed by atoms with van der Waals surface area (Å²) >= 11 is 0. The zero-order valence-corrected chi connectivity index (χ0v) is 11.2. The van der Waals surface area contributed by atoms with Crippen LogP contribution in [0.1, 0.15) is 12.5 Å². The van der Waals surface area contributed by atoms with E-state index < -0.39 is 0 Å². The van der Waals surface area contributed by atoms with Gasteiger partial charge in [-0.1, -0.05) is 0 Å². The summed E-state index contributed by atoms with van der Waals surface area (Å²) in [7, 11) is 0. The van der Waals surface area contributed by atoms with Crippen molar-refractivity contribution < 1.29 is 9.59 Å². The van der Waals surface area contributed by atoms with Crippen molar-refractivity contribution >= 4 is 11.9 Å². The zero-order chi connectivity index (χ0) is 13.8. The molecule has 7 nitrogen and oxygen atoms in total. The standard InChI is InChI=1S/C12H19N5O2/c1-9-5-15-16(7-9)8-10(2)13-3-4-17-11(18)6-14-12(17)19/h5,7,10,13H,3-4,6,8H2,1-2H3,(H,14,19). The van der Waals surface area contributed by atoms with Gasteiger partial charge in [0.25, 0.3) is 0 Å². The maximum Gasteiger partial charge on any atom is 0.324 e. The molecule has 0 radical (unpaired) electrons. The Balaban J connectivity index is 1.70. The van der Waals surface area contributed by atoms with Crippen molar-refractivity contribution in [2.24, 2.45) is 0 Å². The van der Waals surface area contributed by atoms with Gasteiger partial charge in [-0.3, -0.25) is 14.4 Å². The van der Waals surface area contributed by atoms with Crippen molar-refractivity contribution in [1.29, 1.82) is 0 Å². The molecule has 104 valence electrons. The van der Waals surface area contributed by atoms with Crippen LogP contribution in [-0.4, -0.2) is 52.3 Å². The highest BCUT2D eigenvalue weighted by atomic mass is 16.2. The first kappa shape index (κ1) is 13.5. The van der Waals surface area contributed by atoms with Gasteiger partial charge in [-0.05, 0) is 19.4 Å². The Morgan fingerprint density at radius 2 is 2.32 bits per heavy atom. The molecule has 1 atom stereocenters. The second-order valence-electron chi connectivity index (χ2n) is 4.80. The van der Waals surface area contributed by atoms with Crippen LogP contribution in [0.15, 0.2) is 12.4 Å². The van der Waals surface area contributed by atoms with E-state index in [1.807, 2.05) is 30.9 Å². The number of urea groups is 1. The number of hydrogen-bond acceptors (Lipinski definition) is 4. The summed E-state index contributed by atoms with van der Waals surface area (Å²) in [5, 5.41) is 9.98. The van der Waals surface area contributed by atoms with Crippen molar-refractivity contribution in [3.63, 3.8) is 0 Å². The molecule has 1 aromatic rings. The SMILES string of the molecule is Cc1cnn(CC(C)NCCN2C(=O)CNC2=O)c1. The Bertz CT molecular complexity index is 454. The van der Waals surface area contributed by atoms with Gasteiger partial charge < -0.3 is 10.6 Å². The van der Waals surface area contributed by atoms with Crippen LogP contribution < -0.4 is 10.6 Å². The number of imide groups is 1. The zero-order valence-electron chi connectivity index (χ0n) is 11.2. The molecule has 1 aromatic heterocycles. The Labute approximate surface area is 111 Å². The molecule has 0 aromatic carbocycles. The van der Waals surface area contributed by atoms with Crippen molar-refractivity contribution in [1.82, 2.24) is 25.3 Å². The lowest BCUT2D eigenvalue weighted by Crippen LogP contribution is -2.40. The fraction of sp³-hybridized carbons (Fsp3) is 0.583. The predicted molar refractivity (Wildman–Crippen MR) is 69.5 cm³/mol. The second-order valence-corrected chi connectivity index (χ2v) is 4.80. The van der Waals surface area contributed by atoms with E-state index in [1.165, 1.54) is 4.90 Å². The number of nitrogens with zero attached hydrogens (tertiary/aromatic N) is 3. The lowest BCUT2D eigenvalue weighted by atomic mass is 10.3. The molecule has 1 unspecified atom stereocenters. The van der Waals surface area contributed by atoms with Gasteiger partial charge in [0.2, 0.25) is 5.91 Å². The Kier molecular flexibility index (Phi) is 4.16. The maximum atomic E-state index is 11.4. The van der Waals surface area contributed by atoms with E-state index in [0.717, 1.165) is 12.1 Å². The minimum absolute atomic E-state index is 0.112. The molecule has 1 saturated heterocycles. The Morgan fingerprint density at radius 3 is 2.89 bits per heavy atom. The van der Waals surface area contributed by atoms with E-state index in [9.17, 15) is 9.59 Å². The molecule has 1 aliphatic rings. The van der Waals surface area contributed by atoms with E-state index >= 15 is 0 Å². The van der Waals surface area contributed by atoms with Crippen LogP contribution in [-0.2, 0) is 11.3 Å². The molecule has 3 amide bonds. The molecule has 1 fully saturated rings. The number of aromatic nitrogens is 2. The van der Waals surface area contributed by atoms with Crippen molar-refractivity contribution in [3.05, 3.63) is 18.0 Å². The number of carbonyl (C=O) groups is 2. The summed E-state index contributed by atoms with van der Waals surface area (Å²) in [6.07, 6.45) is 3.80. The van der Waals surface area contributed by atoms with Crippen LogP contribution in [0.3, 0.4) is 0 Å². The third kappa shape index (κ3) is 3.54. The topological polar surface area (TPSA) is 79.3 Å². The summed E-state index contributed by atoms with van der Waals surface area (Å²) in [5.41, 5.74) is 1.13. The highest BCUT2D eigenvalue weighted by Gasteiger charge is 2.27. The molecular formula is C12H19N5O2. The third-order valence-corrected chi connectivity index (χ3v) is 2.99. The minimum Gasteiger partial charge on any atom is -0.329 e. The number of amides is 3. The van der Waals surface area contributed by atoms with Gasteiger partial charge in [0.15, 0.2) is 0 Å². The van der Waals surface area contributed by atoms with Crippen molar-refractivity contribution in [2.75, 3.05) is 19.6 Å². The maximum absolute atomic E-state index is 11.4. The molecule has 7 heteroatoms. The van der Waals surface area contributed by atoms with Gasteiger partial charge in [0.05, 0.1) is 19.3 Å². The van der Waals surface area contributed by atoms with E-state index in [2.05, 4.69) is 15.7 Å². The summed E-state index contributed by atoms with van der Waals surface area (Å²) in [4.78, 5) is 23.9. The van der Waals surface area contributed by atoms with E-state index in [-0.39, 0.29) is 24.5 Å². The van der Waals surface area contributed by atoms with E-state index in [0.29, 0.717) is 13.1 Å². The summed E-state index contributed by atoms with van der Waals surface area (Å²) < 4.78 is 1.88. The van der Waals surface area contributed by atoms with Crippen molar-refractivity contribution in [2.45, 2.75) is 26.4 Å². The first-order chi connectivity index (χ1) is 9.06. The smallest absolute Gasteiger partial charge is 0.324 e. The molecule has 2 heterocycles. The average Bonchev–Trinajstić information content (AvgIpc) is 2.89. The van der Waals surface area contributed by atoms with Gasteiger partial charge in [0, 0.05) is 25.3 Å². The molecule has 2 rings (SSSR count). The lowest BCUT2D eigenvalue weighted by molar-refractivity contribution is -0.124. The molecular weight excluding hydrogens is 246 g/mol. The highest BCUT2D eigenvalue weighted by molar-refractivity contribution is 6.01. The van der Waals surface area contributed by atoms with E-state index in [1.54, 1.807) is 0 Å².